The third-order valence-corrected chi connectivity index (χ3v) is 4.12. The minimum Gasteiger partial charge on any atom is -0.490 e. The van der Waals surface area contributed by atoms with Gasteiger partial charge in [-0.1, -0.05) is 36.9 Å². The molecule has 0 aliphatic heterocycles. The molecule has 6 heteroatoms. The van der Waals surface area contributed by atoms with Crippen molar-refractivity contribution in [2.24, 2.45) is 0 Å². The lowest BCUT2D eigenvalue weighted by molar-refractivity contribution is -0.114. The summed E-state index contributed by atoms with van der Waals surface area (Å²) in [5.41, 5.74) is 2.57. The standard InChI is InChI=1S/C24H23N3O3/c1-2-15-30-22-13-11-19(12-14-22)25-17-23(28)26-20-9-6-10-21(16-20)27-24(29)18-7-4-3-5-8-18/h2-14,16,25H,1,15,17H2,(H,26,28)(H,27,29). The van der Waals surface area contributed by atoms with Gasteiger partial charge in [-0.15, -0.1) is 0 Å². The molecule has 0 fully saturated rings. The van der Waals surface area contributed by atoms with Crippen LogP contribution in [0, 0.1) is 0 Å². The number of ether oxygens (including phenoxy) is 1. The number of hydrogen-bond donors (Lipinski definition) is 3. The summed E-state index contributed by atoms with van der Waals surface area (Å²) >= 11 is 0. The number of benzene rings is 3. The molecule has 0 spiro atoms. The Morgan fingerprint density at radius 2 is 1.53 bits per heavy atom. The zero-order valence-corrected chi connectivity index (χ0v) is 16.4. The van der Waals surface area contributed by atoms with Crippen molar-refractivity contribution in [1.29, 1.82) is 0 Å². The lowest BCUT2D eigenvalue weighted by atomic mass is 10.2. The highest BCUT2D eigenvalue weighted by Crippen LogP contribution is 2.17. The number of rotatable bonds is 9. The molecule has 3 aromatic carbocycles. The van der Waals surface area contributed by atoms with Crippen LogP contribution in [0.25, 0.3) is 0 Å². The van der Waals surface area contributed by atoms with Crippen molar-refractivity contribution in [3.63, 3.8) is 0 Å². The van der Waals surface area contributed by atoms with Crippen LogP contribution in [-0.4, -0.2) is 25.0 Å². The predicted octanol–water partition coefficient (Wildman–Crippen LogP) is 4.55. The first kappa shape index (κ1) is 20.7. The van der Waals surface area contributed by atoms with E-state index in [1.807, 2.05) is 30.3 Å². The molecular formula is C24H23N3O3. The molecule has 0 radical (unpaired) electrons. The number of carbonyl (C=O) groups excluding carboxylic acids is 2. The number of hydrogen-bond acceptors (Lipinski definition) is 4. The van der Waals surface area contributed by atoms with Crippen LogP contribution in [0.2, 0.25) is 0 Å². The monoisotopic (exact) mass is 401 g/mol. The Labute approximate surface area is 175 Å². The fraction of sp³-hybridized carbons (Fsp3) is 0.0833. The smallest absolute Gasteiger partial charge is 0.255 e. The number of anilines is 3. The van der Waals surface area contributed by atoms with Crippen molar-refractivity contribution in [1.82, 2.24) is 0 Å². The molecule has 6 nitrogen and oxygen atoms in total. The van der Waals surface area contributed by atoms with E-state index in [1.165, 1.54) is 0 Å². The normalized spacial score (nSPS) is 10.0. The van der Waals surface area contributed by atoms with E-state index in [9.17, 15) is 9.59 Å². The summed E-state index contributed by atoms with van der Waals surface area (Å²) in [7, 11) is 0. The molecule has 0 aliphatic carbocycles. The van der Waals surface area contributed by atoms with E-state index in [1.54, 1.807) is 54.6 Å². The molecule has 3 rings (SSSR count). The van der Waals surface area contributed by atoms with E-state index in [-0.39, 0.29) is 18.4 Å². The molecule has 0 heterocycles. The zero-order valence-electron chi connectivity index (χ0n) is 16.4. The van der Waals surface area contributed by atoms with Crippen molar-refractivity contribution in [3.05, 3.63) is 97.1 Å². The summed E-state index contributed by atoms with van der Waals surface area (Å²) in [4.78, 5) is 24.5. The molecule has 3 N–H and O–H groups in total. The number of amides is 2. The third kappa shape index (κ3) is 6.24. The van der Waals surface area contributed by atoms with Gasteiger partial charge in [0, 0.05) is 22.6 Å². The Bertz CT molecular complexity index is 1000. The van der Waals surface area contributed by atoms with Crippen molar-refractivity contribution in [2.75, 3.05) is 29.1 Å². The summed E-state index contributed by atoms with van der Waals surface area (Å²) in [6, 6.07) is 23.3. The second kappa shape index (κ2) is 10.5. The quantitative estimate of drug-likeness (QED) is 0.460. The third-order valence-electron chi connectivity index (χ3n) is 4.12. The summed E-state index contributed by atoms with van der Waals surface area (Å²) in [6.45, 7) is 4.16. The molecular weight excluding hydrogens is 378 g/mol. The van der Waals surface area contributed by atoms with Gasteiger partial charge < -0.3 is 20.7 Å². The van der Waals surface area contributed by atoms with E-state index in [4.69, 9.17) is 4.74 Å². The zero-order chi connectivity index (χ0) is 21.2. The molecule has 0 saturated carbocycles. The predicted molar refractivity (Wildman–Crippen MR) is 120 cm³/mol. The van der Waals surface area contributed by atoms with Gasteiger partial charge in [-0.05, 0) is 54.6 Å². The first-order valence-corrected chi connectivity index (χ1v) is 9.48. The van der Waals surface area contributed by atoms with Crippen molar-refractivity contribution in [2.45, 2.75) is 0 Å². The van der Waals surface area contributed by atoms with Crippen LogP contribution in [0.3, 0.4) is 0 Å². The van der Waals surface area contributed by atoms with E-state index < -0.39 is 0 Å². The van der Waals surface area contributed by atoms with Gasteiger partial charge in [-0.25, -0.2) is 0 Å². The van der Waals surface area contributed by atoms with Gasteiger partial charge in [0.05, 0.1) is 6.54 Å². The van der Waals surface area contributed by atoms with Crippen LogP contribution >= 0.6 is 0 Å². The highest BCUT2D eigenvalue weighted by atomic mass is 16.5. The van der Waals surface area contributed by atoms with Gasteiger partial charge in [0.15, 0.2) is 0 Å². The molecule has 0 saturated heterocycles. The van der Waals surface area contributed by atoms with E-state index in [0.29, 0.717) is 23.5 Å². The number of carbonyl (C=O) groups is 2. The van der Waals surface area contributed by atoms with Gasteiger partial charge in [0.25, 0.3) is 5.91 Å². The van der Waals surface area contributed by atoms with Gasteiger partial charge in [-0.3, -0.25) is 9.59 Å². The van der Waals surface area contributed by atoms with E-state index >= 15 is 0 Å². The fourth-order valence-corrected chi connectivity index (χ4v) is 2.68. The maximum Gasteiger partial charge on any atom is 0.255 e. The Kier molecular flexibility index (Phi) is 7.22. The lowest BCUT2D eigenvalue weighted by Gasteiger charge is -2.10. The molecule has 152 valence electrons. The van der Waals surface area contributed by atoms with Gasteiger partial charge in [0.2, 0.25) is 5.91 Å². The maximum absolute atomic E-state index is 12.3. The molecule has 30 heavy (non-hydrogen) atoms. The fourth-order valence-electron chi connectivity index (χ4n) is 2.68. The molecule has 0 unspecified atom stereocenters. The average Bonchev–Trinajstić information content (AvgIpc) is 2.78. The Morgan fingerprint density at radius 3 is 2.23 bits per heavy atom. The van der Waals surface area contributed by atoms with Crippen LogP contribution in [0.1, 0.15) is 10.4 Å². The Morgan fingerprint density at radius 1 is 0.833 bits per heavy atom. The van der Waals surface area contributed by atoms with Crippen LogP contribution in [-0.2, 0) is 4.79 Å². The van der Waals surface area contributed by atoms with Gasteiger partial charge in [0.1, 0.15) is 12.4 Å². The Balaban J connectivity index is 1.51. The molecule has 0 atom stereocenters. The molecule has 0 aliphatic rings. The van der Waals surface area contributed by atoms with Crippen molar-refractivity contribution < 1.29 is 14.3 Å². The van der Waals surface area contributed by atoms with Crippen molar-refractivity contribution in [3.8, 4) is 5.75 Å². The second-order valence-corrected chi connectivity index (χ2v) is 6.43. The molecule has 3 aromatic rings. The maximum atomic E-state index is 12.3. The number of nitrogens with one attached hydrogen (secondary N) is 3. The van der Waals surface area contributed by atoms with Crippen LogP contribution in [0.5, 0.6) is 5.75 Å². The minimum absolute atomic E-state index is 0.105. The SMILES string of the molecule is C=CCOc1ccc(NCC(=O)Nc2cccc(NC(=O)c3ccccc3)c2)cc1. The second-order valence-electron chi connectivity index (χ2n) is 6.43. The first-order valence-electron chi connectivity index (χ1n) is 9.48. The topological polar surface area (TPSA) is 79.5 Å². The minimum atomic E-state index is -0.207. The van der Waals surface area contributed by atoms with Crippen molar-refractivity contribution >= 4 is 28.9 Å². The van der Waals surface area contributed by atoms with E-state index in [2.05, 4.69) is 22.5 Å². The van der Waals surface area contributed by atoms with Crippen LogP contribution in [0.15, 0.2) is 91.5 Å². The van der Waals surface area contributed by atoms with Gasteiger partial charge >= 0.3 is 0 Å². The molecule has 0 bridgehead atoms. The summed E-state index contributed by atoms with van der Waals surface area (Å²) < 4.78 is 5.43. The van der Waals surface area contributed by atoms with Gasteiger partial charge in [-0.2, -0.15) is 0 Å². The largest absolute Gasteiger partial charge is 0.490 e. The summed E-state index contributed by atoms with van der Waals surface area (Å²) in [5.74, 6) is 0.328. The highest BCUT2D eigenvalue weighted by Gasteiger charge is 2.07. The Hall–Kier alpha value is -4.06. The summed E-state index contributed by atoms with van der Waals surface area (Å²) in [6.07, 6.45) is 1.68. The van der Waals surface area contributed by atoms with Crippen LogP contribution in [0.4, 0.5) is 17.1 Å². The first-order chi connectivity index (χ1) is 14.6. The average molecular weight is 401 g/mol. The van der Waals surface area contributed by atoms with E-state index in [0.717, 1.165) is 11.4 Å². The lowest BCUT2D eigenvalue weighted by Crippen LogP contribution is -2.21. The highest BCUT2D eigenvalue weighted by molar-refractivity contribution is 6.04. The molecule has 2 amide bonds. The van der Waals surface area contributed by atoms with Crippen LogP contribution < -0.4 is 20.7 Å². The molecule has 0 aromatic heterocycles. The summed E-state index contributed by atoms with van der Waals surface area (Å²) in [5, 5.41) is 8.70.